The van der Waals surface area contributed by atoms with Gasteiger partial charge in [0.1, 0.15) is 5.76 Å². The van der Waals surface area contributed by atoms with Crippen molar-refractivity contribution in [2.24, 2.45) is 0 Å². The summed E-state index contributed by atoms with van der Waals surface area (Å²) in [6.45, 7) is 6.05. The monoisotopic (exact) mass is 265 g/mol. The maximum atomic E-state index is 12.3. The quantitative estimate of drug-likeness (QED) is 0.903. The zero-order valence-electron chi connectivity index (χ0n) is 11.8. The number of hydrogen-bond donors (Lipinski definition) is 1. The molecule has 1 atom stereocenters. The van der Waals surface area contributed by atoms with Crippen LogP contribution < -0.4 is 5.32 Å². The van der Waals surface area contributed by atoms with Crippen molar-refractivity contribution < 1.29 is 9.21 Å². The number of aryl methyl sites for hydroxylation is 1. The normalized spacial score (nSPS) is 18.1. The van der Waals surface area contributed by atoms with Gasteiger partial charge >= 0.3 is 0 Å². The lowest BCUT2D eigenvalue weighted by atomic mass is 10.2. The summed E-state index contributed by atoms with van der Waals surface area (Å²) in [5.41, 5.74) is 0. The molecule has 5 heteroatoms. The molecule has 0 spiro atoms. The molecule has 0 aliphatic carbocycles. The summed E-state index contributed by atoms with van der Waals surface area (Å²) in [7, 11) is 0. The molecule has 1 N–H and O–H groups in total. The summed E-state index contributed by atoms with van der Waals surface area (Å²) >= 11 is 0. The van der Waals surface area contributed by atoms with Gasteiger partial charge in [0.15, 0.2) is 0 Å². The average Bonchev–Trinajstić information content (AvgIpc) is 2.67. The Bertz CT molecular complexity index is 409. The molecule has 0 radical (unpaired) electrons. The second-order valence-electron chi connectivity index (χ2n) is 5.21. The molecule has 2 rings (SSSR count). The number of carbonyl (C=O) groups is 1. The van der Waals surface area contributed by atoms with E-state index in [4.69, 9.17) is 4.42 Å². The molecule has 1 unspecified atom stereocenters. The highest BCUT2D eigenvalue weighted by Gasteiger charge is 2.21. The number of nitrogens with zero attached hydrogens (tertiary/aromatic N) is 2. The van der Waals surface area contributed by atoms with Gasteiger partial charge in [0.05, 0.1) is 18.8 Å². The van der Waals surface area contributed by atoms with E-state index < -0.39 is 0 Å². The Labute approximate surface area is 114 Å². The van der Waals surface area contributed by atoms with Crippen LogP contribution in [0.1, 0.15) is 44.3 Å². The number of likely N-dealkylation sites (tertiary alicyclic amines) is 1. The predicted octanol–water partition coefficient (Wildman–Crippen LogP) is 1.86. The number of amides is 1. The molecule has 19 heavy (non-hydrogen) atoms. The van der Waals surface area contributed by atoms with E-state index in [2.05, 4.69) is 10.3 Å². The van der Waals surface area contributed by atoms with E-state index in [1.165, 1.54) is 12.8 Å². The minimum absolute atomic E-state index is 0.185. The molecule has 0 bridgehead atoms. The van der Waals surface area contributed by atoms with Crippen molar-refractivity contribution in [2.45, 2.75) is 52.1 Å². The number of rotatable bonds is 4. The average molecular weight is 265 g/mol. The molecule has 1 saturated heterocycles. The minimum atomic E-state index is -0.190. The number of nitrogens with one attached hydrogen (secondary N) is 1. The maximum absolute atomic E-state index is 12.3. The van der Waals surface area contributed by atoms with E-state index in [0.29, 0.717) is 12.4 Å². The van der Waals surface area contributed by atoms with Crippen molar-refractivity contribution in [3.8, 4) is 0 Å². The second-order valence-corrected chi connectivity index (χ2v) is 5.21. The van der Waals surface area contributed by atoms with Gasteiger partial charge in [-0.2, -0.15) is 0 Å². The fourth-order valence-electron chi connectivity index (χ4n) is 2.38. The molecule has 5 nitrogen and oxygen atoms in total. The summed E-state index contributed by atoms with van der Waals surface area (Å²) in [6.07, 6.45) is 6.41. The summed E-state index contributed by atoms with van der Waals surface area (Å²) < 4.78 is 5.38. The van der Waals surface area contributed by atoms with E-state index in [9.17, 15) is 4.79 Å². The van der Waals surface area contributed by atoms with Crippen molar-refractivity contribution in [3.63, 3.8) is 0 Å². The highest BCUT2D eigenvalue weighted by molar-refractivity contribution is 5.81. The zero-order valence-corrected chi connectivity index (χ0v) is 11.8. The van der Waals surface area contributed by atoms with Crippen molar-refractivity contribution in [1.29, 1.82) is 0 Å². The minimum Gasteiger partial charge on any atom is -0.445 e. The van der Waals surface area contributed by atoms with Crippen LogP contribution in [0.2, 0.25) is 0 Å². The second kappa shape index (κ2) is 6.70. The van der Waals surface area contributed by atoms with E-state index in [-0.39, 0.29) is 11.9 Å². The Morgan fingerprint density at radius 1 is 1.42 bits per heavy atom. The molecular formula is C14H23N3O2. The summed E-state index contributed by atoms with van der Waals surface area (Å²) in [4.78, 5) is 18.4. The van der Waals surface area contributed by atoms with Crippen molar-refractivity contribution in [3.05, 3.63) is 17.8 Å². The first-order valence-electron chi connectivity index (χ1n) is 7.10. The van der Waals surface area contributed by atoms with Crippen LogP contribution in [0, 0.1) is 6.92 Å². The smallest absolute Gasteiger partial charge is 0.239 e. The van der Waals surface area contributed by atoms with Crippen molar-refractivity contribution in [1.82, 2.24) is 15.2 Å². The Morgan fingerprint density at radius 3 is 2.68 bits per heavy atom. The summed E-state index contributed by atoms with van der Waals surface area (Å²) in [6, 6.07) is -0.190. The Balaban J connectivity index is 1.81. The van der Waals surface area contributed by atoms with Gasteiger partial charge in [-0.25, -0.2) is 4.98 Å². The number of oxazole rings is 1. The van der Waals surface area contributed by atoms with Gasteiger partial charge in [0, 0.05) is 13.1 Å². The molecule has 0 aromatic carbocycles. The van der Waals surface area contributed by atoms with E-state index in [1.807, 2.05) is 18.7 Å². The highest BCUT2D eigenvalue weighted by Crippen LogP contribution is 2.11. The predicted molar refractivity (Wildman–Crippen MR) is 72.6 cm³/mol. The molecule has 1 aromatic rings. The fourth-order valence-corrected chi connectivity index (χ4v) is 2.38. The molecule has 1 aromatic heterocycles. The molecular weight excluding hydrogens is 242 g/mol. The van der Waals surface area contributed by atoms with Gasteiger partial charge in [-0.15, -0.1) is 0 Å². The van der Waals surface area contributed by atoms with Gasteiger partial charge in [0.2, 0.25) is 11.8 Å². The fraction of sp³-hybridized carbons (Fsp3) is 0.714. The third kappa shape index (κ3) is 4.06. The first kappa shape index (κ1) is 14.1. The lowest BCUT2D eigenvalue weighted by Crippen LogP contribution is -2.45. The van der Waals surface area contributed by atoms with Gasteiger partial charge in [-0.05, 0) is 26.7 Å². The van der Waals surface area contributed by atoms with E-state index in [0.717, 1.165) is 31.7 Å². The first-order valence-corrected chi connectivity index (χ1v) is 7.10. The third-order valence-corrected chi connectivity index (χ3v) is 3.52. The maximum Gasteiger partial charge on any atom is 0.239 e. The van der Waals surface area contributed by atoms with Gasteiger partial charge < -0.3 is 9.32 Å². The van der Waals surface area contributed by atoms with Crippen LogP contribution >= 0.6 is 0 Å². The highest BCUT2D eigenvalue weighted by atomic mass is 16.4. The number of hydrogen-bond acceptors (Lipinski definition) is 4. The molecule has 106 valence electrons. The number of carbonyl (C=O) groups excluding carboxylic acids is 1. The molecule has 1 aliphatic heterocycles. The lowest BCUT2D eigenvalue weighted by molar-refractivity contribution is -0.133. The SMILES string of the molecule is Cc1cnc(CNC(C)C(=O)N2CCCCCC2)o1. The third-order valence-electron chi connectivity index (χ3n) is 3.52. The topological polar surface area (TPSA) is 58.4 Å². The Hall–Kier alpha value is -1.36. The van der Waals surface area contributed by atoms with Crippen LogP contribution in [0.3, 0.4) is 0 Å². The lowest BCUT2D eigenvalue weighted by Gasteiger charge is -2.24. The standard InChI is InChI=1S/C14H23N3O2/c1-11-9-16-13(19-11)10-15-12(2)14(18)17-7-5-3-4-6-8-17/h9,12,15H,3-8,10H2,1-2H3. The van der Waals surface area contributed by atoms with Crippen LogP contribution in [0.5, 0.6) is 0 Å². The van der Waals surface area contributed by atoms with Crippen LogP contribution in [0.25, 0.3) is 0 Å². The van der Waals surface area contributed by atoms with Crippen LogP contribution in [0.15, 0.2) is 10.6 Å². The van der Waals surface area contributed by atoms with Crippen molar-refractivity contribution >= 4 is 5.91 Å². The van der Waals surface area contributed by atoms with Gasteiger partial charge in [0.25, 0.3) is 0 Å². The number of aromatic nitrogens is 1. The van der Waals surface area contributed by atoms with Gasteiger partial charge in [-0.1, -0.05) is 12.8 Å². The molecule has 1 fully saturated rings. The summed E-state index contributed by atoms with van der Waals surface area (Å²) in [5.74, 6) is 1.61. The first-order chi connectivity index (χ1) is 9.16. The van der Waals surface area contributed by atoms with Crippen LogP contribution in [-0.4, -0.2) is 34.9 Å². The van der Waals surface area contributed by atoms with Crippen LogP contribution in [0.4, 0.5) is 0 Å². The van der Waals surface area contributed by atoms with E-state index >= 15 is 0 Å². The Morgan fingerprint density at radius 2 is 2.11 bits per heavy atom. The van der Waals surface area contributed by atoms with Crippen LogP contribution in [-0.2, 0) is 11.3 Å². The molecule has 1 amide bonds. The molecule has 1 aliphatic rings. The van der Waals surface area contributed by atoms with E-state index in [1.54, 1.807) is 6.20 Å². The largest absolute Gasteiger partial charge is 0.445 e. The van der Waals surface area contributed by atoms with Gasteiger partial charge in [-0.3, -0.25) is 10.1 Å². The zero-order chi connectivity index (χ0) is 13.7. The molecule has 0 saturated carbocycles. The molecule has 2 heterocycles. The Kier molecular flexibility index (Phi) is 4.96. The van der Waals surface area contributed by atoms with Crippen molar-refractivity contribution in [2.75, 3.05) is 13.1 Å². The summed E-state index contributed by atoms with van der Waals surface area (Å²) in [5, 5.41) is 3.18.